The first kappa shape index (κ1) is 17.6. The summed E-state index contributed by atoms with van der Waals surface area (Å²) < 4.78 is 0. The highest BCUT2D eigenvalue weighted by Crippen LogP contribution is 2.20. The van der Waals surface area contributed by atoms with Crippen LogP contribution in [0.15, 0.2) is 48.8 Å². The van der Waals surface area contributed by atoms with Crippen LogP contribution in [0.4, 0.5) is 5.69 Å². The number of carbonyl (C=O) groups is 3. The van der Waals surface area contributed by atoms with Gasteiger partial charge in [-0.05, 0) is 43.2 Å². The molecule has 1 aliphatic rings. The third kappa shape index (κ3) is 4.05. The number of pyridine rings is 1. The molecule has 7 nitrogen and oxygen atoms in total. The third-order valence-electron chi connectivity index (χ3n) is 4.35. The largest absolute Gasteiger partial charge is 0.481 e. The first-order valence-corrected chi connectivity index (χ1v) is 8.38. The number of carboxylic acid groups (broad SMARTS) is 1. The average molecular weight is 353 g/mol. The van der Waals surface area contributed by atoms with Crippen LogP contribution in [0.5, 0.6) is 0 Å². The maximum atomic E-state index is 12.7. The van der Waals surface area contributed by atoms with Crippen molar-refractivity contribution in [3.8, 4) is 0 Å². The van der Waals surface area contributed by atoms with Gasteiger partial charge in [0.05, 0.1) is 11.5 Å². The molecule has 3 rings (SSSR count). The van der Waals surface area contributed by atoms with Crippen molar-refractivity contribution >= 4 is 23.5 Å². The van der Waals surface area contributed by atoms with Crippen LogP contribution >= 0.6 is 0 Å². The molecule has 1 aliphatic heterocycles. The van der Waals surface area contributed by atoms with Gasteiger partial charge in [0.25, 0.3) is 11.8 Å². The van der Waals surface area contributed by atoms with E-state index in [-0.39, 0.29) is 18.4 Å². The molecule has 1 fully saturated rings. The van der Waals surface area contributed by atoms with Crippen LogP contribution in [0.3, 0.4) is 0 Å². The summed E-state index contributed by atoms with van der Waals surface area (Å²) in [4.78, 5) is 41.5. The molecule has 1 saturated heterocycles. The molecule has 2 aromatic rings. The van der Waals surface area contributed by atoms with E-state index in [1.165, 1.54) is 6.20 Å². The second kappa shape index (κ2) is 7.77. The Morgan fingerprint density at radius 1 is 1.15 bits per heavy atom. The van der Waals surface area contributed by atoms with Gasteiger partial charge in [-0.2, -0.15) is 0 Å². The van der Waals surface area contributed by atoms with Gasteiger partial charge < -0.3 is 15.3 Å². The summed E-state index contributed by atoms with van der Waals surface area (Å²) in [7, 11) is 0. The van der Waals surface area contributed by atoms with Crippen molar-refractivity contribution < 1.29 is 19.5 Å². The van der Waals surface area contributed by atoms with Gasteiger partial charge in [-0.3, -0.25) is 19.4 Å². The summed E-state index contributed by atoms with van der Waals surface area (Å²) in [6.07, 6.45) is 4.30. The molecule has 1 unspecified atom stereocenters. The second-order valence-electron chi connectivity index (χ2n) is 6.21. The molecule has 0 bridgehead atoms. The number of aliphatic carboxylic acids is 1. The average Bonchev–Trinajstić information content (AvgIpc) is 2.68. The fourth-order valence-electron chi connectivity index (χ4n) is 2.98. The normalized spacial score (nSPS) is 16.8. The molecule has 1 atom stereocenters. The lowest BCUT2D eigenvalue weighted by molar-refractivity contribution is -0.143. The summed E-state index contributed by atoms with van der Waals surface area (Å²) in [5.41, 5.74) is 1.33. The number of aromatic nitrogens is 1. The van der Waals surface area contributed by atoms with Crippen molar-refractivity contribution in [2.75, 3.05) is 18.4 Å². The summed E-state index contributed by atoms with van der Waals surface area (Å²) in [6.45, 7) is 0.745. The number of anilines is 1. The van der Waals surface area contributed by atoms with Crippen LogP contribution in [-0.4, -0.2) is 45.9 Å². The fourth-order valence-corrected chi connectivity index (χ4v) is 2.98. The van der Waals surface area contributed by atoms with Gasteiger partial charge in [0.15, 0.2) is 0 Å². The van der Waals surface area contributed by atoms with Crippen molar-refractivity contribution in [2.24, 2.45) is 5.92 Å². The predicted octanol–water partition coefficient (Wildman–Crippen LogP) is 2.27. The van der Waals surface area contributed by atoms with Crippen molar-refractivity contribution in [1.29, 1.82) is 0 Å². The van der Waals surface area contributed by atoms with Crippen LogP contribution in [-0.2, 0) is 4.79 Å². The molecule has 1 aromatic carbocycles. The molecule has 0 aliphatic carbocycles. The molecule has 1 aromatic heterocycles. The molecule has 134 valence electrons. The van der Waals surface area contributed by atoms with Crippen LogP contribution in [0.1, 0.15) is 33.6 Å². The highest BCUT2D eigenvalue weighted by Gasteiger charge is 2.28. The Balaban J connectivity index is 1.71. The summed E-state index contributed by atoms with van der Waals surface area (Å²) >= 11 is 0. The number of piperidine rings is 1. The van der Waals surface area contributed by atoms with Gasteiger partial charge >= 0.3 is 5.97 Å². The molecular weight excluding hydrogens is 334 g/mol. The van der Waals surface area contributed by atoms with E-state index < -0.39 is 11.9 Å². The number of carboxylic acids is 1. The van der Waals surface area contributed by atoms with E-state index in [1.807, 2.05) is 0 Å². The molecule has 0 spiro atoms. The van der Waals surface area contributed by atoms with Gasteiger partial charge in [0.2, 0.25) is 0 Å². The SMILES string of the molecule is O=C(Nc1cccc(C(=O)N2CCCC(C(=O)O)C2)c1)c1cccnc1. The van der Waals surface area contributed by atoms with Crippen LogP contribution in [0.25, 0.3) is 0 Å². The highest BCUT2D eigenvalue weighted by atomic mass is 16.4. The number of benzene rings is 1. The number of hydrogen-bond donors (Lipinski definition) is 2. The Hall–Kier alpha value is -3.22. The molecule has 7 heteroatoms. The third-order valence-corrected chi connectivity index (χ3v) is 4.35. The molecule has 2 amide bonds. The zero-order valence-corrected chi connectivity index (χ0v) is 14.1. The summed E-state index contributed by atoms with van der Waals surface area (Å²) in [5, 5.41) is 11.9. The number of rotatable bonds is 4. The first-order valence-electron chi connectivity index (χ1n) is 8.38. The number of nitrogens with one attached hydrogen (secondary N) is 1. The standard InChI is InChI=1S/C19H19N3O4/c23-17(14-5-2-8-20-11-14)21-16-7-1-4-13(10-16)18(24)22-9-3-6-15(12-22)19(25)26/h1-2,4-5,7-8,10-11,15H,3,6,9,12H2,(H,21,23)(H,25,26). The van der Waals surface area contributed by atoms with Crippen molar-refractivity contribution in [1.82, 2.24) is 9.88 Å². The van der Waals surface area contributed by atoms with Crippen LogP contribution < -0.4 is 5.32 Å². The number of carbonyl (C=O) groups excluding carboxylic acids is 2. The lowest BCUT2D eigenvalue weighted by Gasteiger charge is -2.30. The van der Waals surface area contributed by atoms with Gasteiger partial charge in [-0.25, -0.2) is 0 Å². The van der Waals surface area contributed by atoms with E-state index >= 15 is 0 Å². The molecule has 0 saturated carbocycles. The van der Waals surface area contributed by atoms with E-state index in [4.69, 9.17) is 5.11 Å². The number of amides is 2. The second-order valence-corrected chi connectivity index (χ2v) is 6.21. The smallest absolute Gasteiger partial charge is 0.308 e. The molecule has 0 radical (unpaired) electrons. The fraction of sp³-hybridized carbons (Fsp3) is 0.263. The number of likely N-dealkylation sites (tertiary alicyclic amines) is 1. The highest BCUT2D eigenvalue weighted by molar-refractivity contribution is 6.05. The van der Waals surface area contributed by atoms with E-state index in [0.29, 0.717) is 36.2 Å². The van der Waals surface area contributed by atoms with E-state index in [2.05, 4.69) is 10.3 Å². The maximum Gasteiger partial charge on any atom is 0.308 e. The topological polar surface area (TPSA) is 99.6 Å². The van der Waals surface area contributed by atoms with Gasteiger partial charge in [0.1, 0.15) is 0 Å². The van der Waals surface area contributed by atoms with Gasteiger partial charge in [-0.15, -0.1) is 0 Å². The van der Waals surface area contributed by atoms with E-state index in [0.717, 1.165) is 0 Å². The zero-order valence-electron chi connectivity index (χ0n) is 14.1. The number of nitrogens with zero attached hydrogens (tertiary/aromatic N) is 2. The number of hydrogen-bond acceptors (Lipinski definition) is 4. The van der Waals surface area contributed by atoms with E-state index in [9.17, 15) is 14.4 Å². The van der Waals surface area contributed by atoms with Gasteiger partial charge in [0, 0.05) is 36.7 Å². The minimum absolute atomic E-state index is 0.209. The Labute approximate surface area is 150 Å². The predicted molar refractivity (Wildman–Crippen MR) is 94.9 cm³/mol. The minimum Gasteiger partial charge on any atom is -0.481 e. The summed E-state index contributed by atoms with van der Waals surface area (Å²) in [6, 6.07) is 9.96. The monoisotopic (exact) mass is 353 g/mol. The minimum atomic E-state index is -0.875. The van der Waals surface area contributed by atoms with Crippen molar-refractivity contribution in [2.45, 2.75) is 12.8 Å². The van der Waals surface area contributed by atoms with E-state index in [1.54, 1.807) is 47.5 Å². The molecule has 26 heavy (non-hydrogen) atoms. The Bertz CT molecular complexity index is 823. The first-order chi connectivity index (χ1) is 12.5. The van der Waals surface area contributed by atoms with Gasteiger partial charge in [-0.1, -0.05) is 6.07 Å². The Morgan fingerprint density at radius 3 is 2.69 bits per heavy atom. The molecule has 2 N–H and O–H groups in total. The zero-order chi connectivity index (χ0) is 18.5. The lowest BCUT2D eigenvalue weighted by Crippen LogP contribution is -2.42. The Morgan fingerprint density at radius 2 is 1.96 bits per heavy atom. The maximum absolute atomic E-state index is 12.7. The lowest BCUT2D eigenvalue weighted by atomic mass is 9.97. The van der Waals surface area contributed by atoms with Crippen molar-refractivity contribution in [3.05, 3.63) is 59.9 Å². The Kier molecular flexibility index (Phi) is 5.26. The molecule has 2 heterocycles. The van der Waals surface area contributed by atoms with Crippen LogP contribution in [0, 0.1) is 5.92 Å². The summed E-state index contributed by atoms with van der Waals surface area (Å²) in [5.74, 6) is -1.94. The van der Waals surface area contributed by atoms with Crippen LogP contribution in [0.2, 0.25) is 0 Å². The van der Waals surface area contributed by atoms with Crippen molar-refractivity contribution in [3.63, 3.8) is 0 Å². The quantitative estimate of drug-likeness (QED) is 0.878. The molecular formula is C19H19N3O4.